The second-order valence-corrected chi connectivity index (χ2v) is 10.8. The minimum atomic E-state index is -0.745. The van der Waals surface area contributed by atoms with Crippen molar-refractivity contribution < 1.29 is 14.3 Å². The van der Waals surface area contributed by atoms with Crippen molar-refractivity contribution in [2.24, 2.45) is 5.92 Å². The first-order valence-corrected chi connectivity index (χ1v) is 13.9. The van der Waals surface area contributed by atoms with Gasteiger partial charge in [-0.05, 0) is 36.0 Å². The summed E-state index contributed by atoms with van der Waals surface area (Å²) in [5.41, 5.74) is 3.36. The number of ether oxygens (including phenoxy) is 1. The predicted molar refractivity (Wildman–Crippen MR) is 152 cm³/mol. The number of carbonyl (C=O) groups excluding carboxylic acids is 2. The van der Waals surface area contributed by atoms with Crippen molar-refractivity contribution in [3.63, 3.8) is 0 Å². The fourth-order valence-electron chi connectivity index (χ4n) is 3.82. The molecule has 37 heavy (non-hydrogen) atoms. The van der Waals surface area contributed by atoms with E-state index in [2.05, 4.69) is 55.6 Å². The van der Waals surface area contributed by atoms with E-state index in [9.17, 15) is 9.59 Å². The van der Waals surface area contributed by atoms with Crippen molar-refractivity contribution in [2.45, 2.75) is 50.8 Å². The largest absolute Gasteiger partial charge is 0.459 e. The number of carbonyl (C=O) groups is 2. The standard InChI is InChI=1S/C31H38N2O3S/c1-24(2)29(37-23-28-17-11-6-12-18-28)21-33(20-19-26-13-7-4-8-14-26)31(35)32-25(3)30(34)36-22-27-15-9-5-10-16-27/h4-18,24-25,29H,19-23H2,1-3H3,(H,32,35)/t25-,29?/m0/s1. The lowest BCUT2D eigenvalue weighted by Gasteiger charge is -2.30. The molecule has 0 aliphatic rings. The predicted octanol–water partition coefficient (Wildman–Crippen LogP) is 6.33. The summed E-state index contributed by atoms with van der Waals surface area (Å²) in [6, 6.07) is 29.1. The Hall–Kier alpha value is -3.25. The van der Waals surface area contributed by atoms with Crippen LogP contribution in [0.1, 0.15) is 37.5 Å². The number of thioether (sulfide) groups is 1. The Morgan fingerprint density at radius 1 is 0.811 bits per heavy atom. The molecule has 0 fully saturated rings. The summed E-state index contributed by atoms with van der Waals surface area (Å²) >= 11 is 1.87. The van der Waals surface area contributed by atoms with Crippen molar-refractivity contribution in [1.29, 1.82) is 0 Å². The molecule has 2 amide bonds. The molecule has 0 spiro atoms. The number of hydrogen-bond acceptors (Lipinski definition) is 4. The SMILES string of the molecule is CC(C)C(CN(CCc1ccccc1)C(=O)N[C@@H](C)C(=O)OCc1ccccc1)SCc1ccccc1. The molecule has 0 radical (unpaired) electrons. The summed E-state index contributed by atoms with van der Waals surface area (Å²) < 4.78 is 5.43. The average molecular weight is 519 g/mol. The van der Waals surface area contributed by atoms with Crippen LogP contribution in [-0.2, 0) is 28.3 Å². The van der Waals surface area contributed by atoms with Crippen molar-refractivity contribution in [1.82, 2.24) is 10.2 Å². The number of urea groups is 1. The summed E-state index contributed by atoms with van der Waals surface area (Å²) in [4.78, 5) is 27.8. The smallest absolute Gasteiger partial charge is 0.328 e. The minimum Gasteiger partial charge on any atom is -0.459 e. The molecular weight excluding hydrogens is 480 g/mol. The van der Waals surface area contributed by atoms with Crippen LogP contribution < -0.4 is 5.32 Å². The van der Waals surface area contributed by atoms with Gasteiger partial charge in [-0.25, -0.2) is 9.59 Å². The Bertz CT molecular complexity index is 1080. The normalized spacial score (nSPS) is 12.5. The van der Waals surface area contributed by atoms with E-state index in [1.165, 1.54) is 11.1 Å². The fraction of sp³-hybridized carbons (Fsp3) is 0.355. The quantitative estimate of drug-likeness (QED) is 0.269. The maximum atomic E-state index is 13.4. The van der Waals surface area contributed by atoms with E-state index < -0.39 is 12.0 Å². The second kappa shape index (κ2) is 15.1. The molecule has 3 aromatic carbocycles. The van der Waals surface area contributed by atoms with Gasteiger partial charge in [0.05, 0.1) is 0 Å². The van der Waals surface area contributed by atoms with E-state index >= 15 is 0 Å². The molecule has 3 rings (SSSR count). The van der Waals surface area contributed by atoms with Gasteiger partial charge >= 0.3 is 12.0 Å². The molecule has 3 aromatic rings. The van der Waals surface area contributed by atoms with Gasteiger partial charge in [-0.1, -0.05) is 105 Å². The zero-order valence-electron chi connectivity index (χ0n) is 22.0. The van der Waals surface area contributed by atoms with Gasteiger partial charge < -0.3 is 15.0 Å². The highest BCUT2D eigenvalue weighted by Crippen LogP contribution is 2.25. The van der Waals surface area contributed by atoms with Gasteiger partial charge in [-0.3, -0.25) is 0 Å². The Labute approximate surface area is 225 Å². The van der Waals surface area contributed by atoms with E-state index in [1.807, 2.05) is 71.3 Å². The molecule has 1 N–H and O–H groups in total. The van der Waals surface area contributed by atoms with Crippen molar-refractivity contribution in [3.05, 3.63) is 108 Å². The first-order valence-electron chi connectivity index (χ1n) is 12.9. The highest BCUT2D eigenvalue weighted by molar-refractivity contribution is 7.99. The maximum absolute atomic E-state index is 13.4. The Kier molecular flexibility index (Phi) is 11.6. The van der Waals surface area contributed by atoms with Crippen LogP contribution in [0.5, 0.6) is 0 Å². The molecule has 0 aliphatic carbocycles. The van der Waals surface area contributed by atoms with Crippen LogP contribution in [-0.4, -0.2) is 41.3 Å². The monoisotopic (exact) mass is 518 g/mol. The van der Waals surface area contributed by atoms with Gasteiger partial charge in [-0.2, -0.15) is 11.8 Å². The third-order valence-electron chi connectivity index (χ3n) is 6.17. The van der Waals surface area contributed by atoms with Gasteiger partial charge in [0, 0.05) is 24.1 Å². The van der Waals surface area contributed by atoms with Crippen molar-refractivity contribution in [2.75, 3.05) is 13.1 Å². The average Bonchev–Trinajstić information content (AvgIpc) is 2.92. The van der Waals surface area contributed by atoms with E-state index in [0.717, 1.165) is 17.7 Å². The summed E-state index contributed by atoms with van der Waals surface area (Å²) in [6.07, 6.45) is 0.745. The molecule has 2 atom stereocenters. The lowest BCUT2D eigenvalue weighted by Crippen LogP contribution is -2.50. The molecular formula is C31H38N2O3S. The third-order valence-corrected chi connectivity index (χ3v) is 7.79. The van der Waals surface area contributed by atoms with Gasteiger partial charge in [0.2, 0.25) is 0 Å². The first kappa shape index (κ1) is 28.3. The first-order chi connectivity index (χ1) is 17.9. The summed E-state index contributed by atoms with van der Waals surface area (Å²) in [6.45, 7) is 7.41. The molecule has 0 aromatic heterocycles. The van der Waals surface area contributed by atoms with Crippen LogP contribution >= 0.6 is 11.8 Å². The third kappa shape index (κ3) is 9.96. The van der Waals surface area contributed by atoms with Crippen LogP contribution in [0.25, 0.3) is 0 Å². The molecule has 0 bridgehead atoms. The number of rotatable bonds is 13. The fourth-order valence-corrected chi connectivity index (χ4v) is 5.09. The molecule has 6 heteroatoms. The van der Waals surface area contributed by atoms with E-state index in [4.69, 9.17) is 4.74 Å². The Balaban J connectivity index is 1.63. The molecule has 1 unspecified atom stereocenters. The van der Waals surface area contributed by atoms with Crippen molar-refractivity contribution in [3.8, 4) is 0 Å². The van der Waals surface area contributed by atoms with E-state index in [-0.39, 0.29) is 17.9 Å². The Morgan fingerprint density at radius 3 is 1.92 bits per heavy atom. The number of amides is 2. The highest BCUT2D eigenvalue weighted by Gasteiger charge is 2.25. The molecule has 5 nitrogen and oxygen atoms in total. The van der Waals surface area contributed by atoms with Gasteiger partial charge in [0.25, 0.3) is 0 Å². The maximum Gasteiger partial charge on any atom is 0.328 e. The van der Waals surface area contributed by atoms with Gasteiger partial charge in [0.15, 0.2) is 0 Å². The van der Waals surface area contributed by atoms with Crippen molar-refractivity contribution >= 4 is 23.8 Å². The molecule has 0 saturated carbocycles. The number of nitrogens with zero attached hydrogens (tertiary/aromatic N) is 1. The van der Waals surface area contributed by atoms with E-state index in [0.29, 0.717) is 19.0 Å². The van der Waals surface area contributed by atoms with Crippen LogP contribution in [0.4, 0.5) is 4.79 Å². The second-order valence-electron chi connectivity index (χ2n) is 9.53. The van der Waals surface area contributed by atoms with Gasteiger partial charge in [0.1, 0.15) is 12.6 Å². The number of hydrogen-bond donors (Lipinski definition) is 1. The minimum absolute atomic E-state index is 0.184. The summed E-state index contributed by atoms with van der Waals surface area (Å²) in [5, 5.41) is 3.13. The lowest BCUT2D eigenvalue weighted by atomic mass is 10.1. The van der Waals surface area contributed by atoms with Crippen LogP contribution in [0.3, 0.4) is 0 Å². The molecule has 0 heterocycles. The molecule has 0 saturated heterocycles. The lowest BCUT2D eigenvalue weighted by molar-refractivity contribution is -0.146. The number of esters is 1. The highest BCUT2D eigenvalue weighted by atomic mass is 32.2. The number of benzene rings is 3. The topological polar surface area (TPSA) is 58.6 Å². The summed E-state index contributed by atoms with van der Waals surface area (Å²) in [5.74, 6) is 0.827. The zero-order chi connectivity index (χ0) is 26.5. The number of nitrogens with one attached hydrogen (secondary N) is 1. The van der Waals surface area contributed by atoms with Crippen LogP contribution in [0.2, 0.25) is 0 Å². The Morgan fingerprint density at radius 2 is 1.35 bits per heavy atom. The van der Waals surface area contributed by atoms with Gasteiger partial charge in [-0.15, -0.1) is 0 Å². The van der Waals surface area contributed by atoms with Crippen LogP contribution in [0.15, 0.2) is 91.0 Å². The molecule has 0 aliphatic heterocycles. The molecule has 196 valence electrons. The van der Waals surface area contributed by atoms with Crippen LogP contribution in [0, 0.1) is 5.92 Å². The van der Waals surface area contributed by atoms with E-state index in [1.54, 1.807) is 6.92 Å². The summed E-state index contributed by atoms with van der Waals surface area (Å²) in [7, 11) is 0. The zero-order valence-corrected chi connectivity index (χ0v) is 22.8.